The molecule has 1 aliphatic carbocycles. The minimum atomic E-state index is -0.811. The van der Waals surface area contributed by atoms with Gasteiger partial charge >= 0.3 is 12.1 Å². The lowest BCUT2D eigenvalue weighted by Gasteiger charge is -2.36. The summed E-state index contributed by atoms with van der Waals surface area (Å²) in [5, 5.41) is 18.7. The fraction of sp³-hybridized carbons (Fsp3) is 0.565. The van der Waals surface area contributed by atoms with E-state index >= 15 is 0 Å². The number of benzene rings is 1. The number of ether oxygens (including phenoxy) is 2. The van der Waals surface area contributed by atoms with E-state index in [1.54, 1.807) is 45.0 Å². The number of aliphatic hydroxyl groups excluding tert-OH is 1. The smallest absolute Gasteiger partial charge is 0.414 e. The molecule has 1 aromatic rings. The molecule has 0 atom stereocenters. The standard InChI is InChI=1S/C23H33N5O5/c1-5-13-32-18(30)15-7-6-8-16(14-15)24-19-25-20(26-21(31)33-22(2,3)4)28-23(27-19)11-9-17(29)10-12-23/h6-8,14,17,29H,5,9-13H2,1-4H3,(H3,24,25,26,27,28,31). The average Bonchev–Trinajstić information content (AvgIpc) is 2.73. The first-order valence-corrected chi connectivity index (χ1v) is 11.3. The van der Waals surface area contributed by atoms with E-state index in [-0.39, 0.29) is 12.1 Å². The van der Waals surface area contributed by atoms with Gasteiger partial charge in [0.15, 0.2) is 5.66 Å². The van der Waals surface area contributed by atoms with Crippen molar-refractivity contribution in [2.45, 2.75) is 77.2 Å². The van der Waals surface area contributed by atoms with Crippen molar-refractivity contribution in [3.63, 3.8) is 0 Å². The SMILES string of the molecule is CCCOC(=O)c1cccc(NC2=NC3(CCC(O)CC3)N=C(NC(=O)OC(C)(C)C)N2)c1. The molecule has 2 aliphatic rings. The van der Waals surface area contributed by atoms with Crippen LogP contribution >= 0.6 is 0 Å². The molecule has 0 aromatic heterocycles. The first kappa shape index (κ1) is 24.5. The topological polar surface area (TPSA) is 134 Å². The number of amides is 1. The van der Waals surface area contributed by atoms with Crippen LogP contribution in [0.1, 0.15) is 70.2 Å². The third kappa shape index (κ3) is 7.18. The van der Waals surface area contributed by atoms with Gasteiger partial charge in [-0.15, -0.1) is 0 Å². The Morgan fingerprint density at radius 1 is 1.21 bits per heavy atom. The number of aliphatic imine (C=N–C) groups is 2. The monoisotopic (exact) mass is 459 g/mol. The number of carbonyl (C=O) groups is 2. The summed E-state index contributed by atoms with van der Waals surface area (Å²) in [6, 6.07) is 6.90. The molecule has 1 heterocycles. The maximum atomic E-state index is 12.3. The second-order valence-corrected chi connectivity index (χ2v) is 9.23. The van der Waals surface area contributed by atoms with Gasteiger partial charge in [-0.25, -0.2) is 19.6 Å². The summed E-state index contributed by atoms with van der Waals surface area (Å²) in [6.07, 6.45) is 1.89. The van der Waals surface area contributed by atoms with Crippen LogP contribution in [0.15, 0.2) is 34.3 Å². The zero-order valence-corrected chi connectivity index (χ0v) is 19.6. The second-order valence-electron chi connectivity index (χ2n) is 9.23. The predicted molar refractivity (Wildman–Crippen MR) is 125 cm³/mol. The van der Waals surface area contributed by atoms with E-state index < -0.39 is 23.3 Å². The molecule has 180 valence electrons. The van der Waals surface area contributed by atoms with Gasteiger partial charge in [0.2, 0.25) is 11.9 Å². The Kier molecular flexibility index (Phi) is 7.57. The number of nitrogens with zero attached hydrogens (tertiary/aromatic N) is 2. The van der Waals surface area contributed by atoms with Crippen LogP contribution in [-0.4, -0.2) is 53.1 Å². The molecule has 3 rings (SSSR count). The number of alkyl carbamates (subject to hydrolysis) is 1. The van der Waals surface area contributed by atoms with Crippen molar-refractivity contribution in [1.29, 1.82) is 0 Å². The molecule has 33 heavy (non-hydrogen) atoms. The number of nitrogens with one attached hydrogen (secondary N) is 3. The Morgan fingerprint density at radius 3 is 2.58 bits per heavy atom. The second kappa shape index (κ2) is 10.2. The van der Waals surface area contributed by atoms with Gasteiger partial charge in [-0.3, -0.25) is 10.6 Å². The number of hydrogen-bond donors (Lipinski definition) is 4. The highest BCUT2D eigenvalue weighted by molar-refractivity contribution is 6.10. The highest BCUT2D eigenvalue weighted by atomic mass is 16.6. The van der Waals surface area contributed by atoms with Gasteiger partial charge in [0, 0.05) is 5.69 Å². The van der Waals surface area contributed by atoms with Crippen LogP contribution in [0.4, 0.5) is 10.5 Å². The molecule has 1 saturated carbocycles. The van der Waals surface area contributed by atoms with Gasteiger partial charge in [-0.1, -0.05) is 13.0 Å². The summed E-state index contributed by atoms with van der Waals surface area (Å²) in [6.45, 7) is 7.62. The van der Waals surface area contributed by atoms with Crippen LogP contribution in [0.2, 0.25) is 0 Å². The Hall–Kier alpha value is -3.14. The number of aliphatic hydroxyl groups is 1. The Labute approximate surface area is 193 Å². The van der Waals surface area contributed by atoms with Crippen LogP contribution in [0, 0.1) is 0 Å². The molecular weight excluding hydrogens is 426 g/mol. The summed E-state index contributed by atoms with van der Waals surface area (Å²) in [5.74, 6) is 0.175. The Balaban J connectivity index is 1.79. The van der Waals surface area contributed by atoms with Crippen molar-refractivity contribution in [3.8, 4) is 0 Å². The van der Waals surface area contributed by atoms with E-state index in [2.05, 4.69) is 20.9 Å². The summed E-state index contributed by atoms with van der Waals surface area (Å²) >= 11 is 0. The van der Waals surface area contributed by atoms with Crippen molar-refractivity contribution in [1.82, 2.24) is 10.6 Å². The number of carbonyl (C=O) groups excluding carboxylic acids is 2. The zero-order chi connectivity index (χ0) is 24.1. The highest BCUT2D eigenvalue weighted by Crippen LogP contribution is 2.34. The summed E-state index contributed by atoms with van der Waals surface area (Å²) < 4.78 is 10.5. The van der Waals surface area contributed by atoms with E-state index in [4.69, 9.17) is 14.5 Å². The van der Waals surface area contributed by atoms with Crippen molar-refractivity contribution in [2.24, 2.45) is 9.98 Å². The number of rotatable bonds is 4. The molecule has 0 bridgehead atoms. The van der Waals surface area contributed by atoms with Gasteiger partial charge in [0.25, 0.3) is 0 Å². The number of hydrogen-bond acceptors (Lipinski definition) is 9. The van der Waals surface area contributed by atoms with E-state index in [0.717, 1.165) is 6.42 Å². The molecule has 10 heteroatoms. The fourth-order valence-corrected chi connectivity index (χ4v) is 3.56. The predicted octanol–water partition coefficient (Wildman–Crippen LogP) is 3.14. The lowest BCUT2D eigenvalue weighted by atomic mass is 9.88. The molecule has 4 N–H and O–H groups in total. The minimum absolute atomic E-state index is 0.205. The maximum Gasteiger partial charge on any atom is 0.414 e. The average molecular weight is 460 g/mol. The lowest BCUT2D eigenvalue weighted by molar-refractivity contribution is 0.0503. The first-order valence-electron chi connectivity index (χ1n) is 11.3. The summed E-state index contributed by atoms with van der Waals surface area (Å²) in [4.78, 5) is 33.9. The summed E-state index contributed by atoms with van der Waals surface area (Å²) in [7, 11) is 0. The molecule has 0 saturated heterocycles. The van der Waals surface area contributed by atoms with Crippen LogP contribution in [0.25, 0.3) is 0 Å². The summed E-state index contributed by atoms with van der Waals surface area (Å²) in [5.41, 5.74) is -0.430. The van der Waals surface area contributed by atoms with Crippen LogP contribution in [-0.2, 0) is 9.47 Å². The molecule has 10 nitrogen and oxygen atoms in total. The number of esters is 1. The van der Waals surface area contributed by atoms with Crippen molar-refractivity contribution in [2.75, 3.05) is 11.9 Å². The van der Waals surface area contributed by atoms with E-state index in [1.165, 1.54) is 0 Å². The van der Waals surface area contributed by atoms with Crippen molar-refractivity contribution in [3.05, 3.63) is 29.8 Å². The largest absolute Gasteiger partial charge is 0.462 e. The molecule has 0 unspecified atom stereocenters. The van der Waals surface area contributed by atoms with Gasteiger partial charge in [0.1, 0.15) is 5.60 Å². The highest BCUT2D eigenvalue weighted by Gasteiger charge is 2.38. The van der Waals surface area contributed by atoms with Gasteiger partial charge in [-0.05, 0) is 71.1 Å². The van der Waals surface area contributed by atoms with Crippen LogP contribution in [0.5, 0.6) is 0 Å². The fourth-order valence-electron chi connectivity index (χ4n) is 3.56. The van der Waals surface area contributed by atoms with Gasteiger partial charge < -0.3 is 19.9 Å². The van der Waals surface area contributed by atoms with Gasteiger partial charge in [-0.2, -0.15) is 0 Å². The molecule has 1 aliphatic heterocycles. The third-order valence-electron chi connectivity index (χ3n) is 5.05. The normalized spacial score (nSPS) is 22.5. The van der Waals surface area contributed by atoms with Crippen LogP contribution < -0.4 is 16.0 Å². The van der Waals surface area contributed by atoms with E-state index in [9.17, 15) is 14.7 Å². The minimum Gasteiger partial charge on any atom is -0.462 e. The molecule has 1 fully saturated rings. The molecular formula is C23H33N5O5. The van der Waals surface area contributed by atoms with E-state index in [1.807, 2.05) is 6.92 Å². The lowest BCUT2D eigenvalue weighted by Crippen LogP contribution is -2.53. The first-order chi connectivity index (χ1) is 15.6. The van der Waals surface area contributed by atoms with Gasteiger partial charge in [0.05, 0.1) is 18.3 Å². The zero-order valence-electron chi connectivity index (χ0n) is 19.6. The maximum absolute atomic E-state index is 12.3. The third-order valence-corrected chi connectivity index (χ3v) is 5.05. The molecule has 1 spiro atoms. The van der Waals surface area contributed by atoms with Crippen molar-refractivity contribution >= 4 is 29.7 Å². The molecule has 1 aromatic carbocycles. The van der Waals surface area contributed by atoms with E-state index in [0.29, 0.717) is 49.5 Å². The molecule has 0 radical (unpaired) electrons. The van der Waals surface area contributed by atoms with Crippen molar-refractivity contribution < 1.29 is 24.2 Å². The molecule has 1 amide bonds. The quantitative estimate of drug-likeness (QED) is 0.508. The number of anilines is 1. The Morgan fingerprint density at radius 2 is 1.91 bits per heavy atom. The Bertz CT molecular complexity index is 929. The van der Waals surface area contributed by atoms with Crippen LogP contribution in [0.3, 0.4) is 0 Å². The number of guanidine groups is 2.